The van der Waals surface area contributed by atoms with Gasteiger partial charge in [-0.05, 0) is 26.0 Å². The number of fused-ring (bicyclic) bond motifs is 1. The zero-order valence-electron chi connectivity index (χ0n) is 9.84. The number of aryl methyl sites for hydroxylation is 1. The molecule has 0 bridgehead atoms. The van der Waals surface area contributed by atoms with Gasteiger partial charge < -0.3 is 11.1 Å². The highest BCUT2D eigenvalue weighted by molar-refractivity contribution is 5.74. The van der Waals surface area contributed by atoms with E-state index in [2.05, 4.69) is 15.4 Å². The first-order valence-electron chi connectivity index (χ1n) is 5.43. The number of anilines is 1. The summed E-state index contributed by atoms with van der Waals surface area (Å²) < 4.78 is 1.75. The van der Waals surface area contributed by atoms with E-state index < -0.39 is 0 Å². The van der Waals surface area contributed by atoms with Gasteiger partial charge in [0.25, 0.3) is 0 Å². The predicted molar refractivity (Wildman–Crippen MR) is 64.6 cm³/mol. The van der Waals surface area contributed by atoms with Crippen molar-refractivity contribution in [3.05, 3.63) is 23.9 Å². The Morgan fingerprint density at radius 2 is 2.35 bits per heavy atom. The van der Waals surface area contributed by atoms with Crippen LogP contribution in [0.2, 0.25) is 0 Å². The van der Waals surface area contributed by atoms with Gasteiger partial charge in [0, 0.05) is 18.2 Å². The highest BCUT2D eigenvalue weighted by Gasteiger charge is 2.10. The second-order valence-electron chi connectivity index (χ2n) is 4.09. The molecule has 6 nitrogen and oxygen atoms in total. The summed E-state index contributed by atoms with van der Waals surface area (Å²) in [4.78, 5) is 15.1. The summed E-state index contributed by atoms with van der Waals surface area (Å²) in [5, 5.41) is 7.35. The number of nitrogens with one attached hydrogen (secondary N) is 1. The minimum Gasteiger partial charge on any atom is -0.370 e. The number of primary amides is 1. The van der Waals surface area contributed by atoms with E-state index in [0.717, 1.165) is 11.3 Å². The third-order valence-electron chi connectivity index (χ3n) is 2.43. The number of carbonyl (C=O) groups is 1. The first-order chi connectivity index (χ1) is 8.06. The van der Waals surface area contributed by atoms with Gasteiger partial charge in [-0.15, -0.1) is 5.10 Å². The van der Waals surface area contributed by atoms with E-state index in [1.54, 1.807) is 4.52 Å². The van der Waals surface area contributed by atoms with Crippen LogP contribution in [0.3, 0.4) is 0 Å². The van der Waals surface area contributed by atoms with Crippen LogP contribution in [0.4, 0.5) is 5.95 Å². The molecule has 0 aliphatic rings. The molecule has 0 aliphatic carbocycles. The zero-order valence-corrected chi connectivity index (χ0v) is 9.84. The summed E-state index contributed by atoms with van der Waals surface area (Å²) >= 11 is 0. The predicted octanol–water partition coefficient (Wildman–Crippen LogP) is 0.714. The Morgan fingerprint density at radius 1 is 1.59 bits per heavy atom. The molecular formula is C11H15N5O. The van der Waals surface area contributed by atoms with Crippen molar-refractivity contribution in [2.45, 2.75) is 26.3 Å². The molecule has 17 heavy (non-hydrogen) atoms. The number of nitrogens with zero attached hydrogens (tertiary/aromatic N) is 3. The van der Waals surface area contributed by atoms with Gasteiger partial charge >= 0.3 is 0 Å². The Labute approximate surface area is 98.8 Å². The number of rotatable bonds is 4. The molecule has 1 unspecified atom stereocenters. The van der Waals surface area contributed by atoms with Crippen molar-refractivity contribution in [2.75, 3.05) is 5.32 Å². The summed E-state index contributed by atoms with van der Waals surface area (Å²) in [5.74, 6) is 0.165. The number of aromatic nitrogens is 3. The fourth-order valence-corrected chi connectivity index (χ4v) is 1.67. The SMILES string of the molecule is Cc1cccc2nc(NC(C)CC(N)=O)nn12. The number of hydrogen-bond acceptors (Lipinski definition) is 4. The molecule has 2 rings (SSSR count). The maximum absolute atomic E-state index is 10.8. The van der Waals surface area contributed by atoms with Crippen molar-refractivity contribution >= 4 is 17.5 Å². The molecule has 0 fully saturated rings. The van der Waals surface area contributed by atoms with Crippen LogP contribution in [0, 0.1) is 6.92 Å². The van der Waals surface area contributed by atoms with Crippen LogP contribution >= 0.6 is 0 Å². The number of hydrogen-bond donors (Lipinski definition) is 2. The quantitative estimate of drug-likeness (QED) is 0.814. The molecule has 3 N–H and O–H groups in total. The molecule has 1 amide bonds. The third kappa shape index (κ3) is 2.52. The maximum atomic E-state index is 10.8. The lowest BCUT2D eigenvalue weighted by molar-refractivity contribution is -0.118. The molecule has 0 aliphatic heterocycles. The Bertz CT molecular complexity index is 548. The van der Waals surface area contributed by atoms with E-state index in [1.165, 1.54) is 0 Å². The molecule has 2 aromatic rings. The molecule has 0 radical (unpaired) electrons. The lowest BCUT2D eigenvalue weighted by Gasteiger charge is -2.08. The minimum absolute atomic E-state index is 0.0785. The fourth-order valence-electron chi connectivity index (χ4n) is 1.67. The lowest BCUT2D eigenvalue weighted by Crippen LogP contribution is -2.24. The monoisotopic (exact) mass is 233 g/mol. The summed E-state index contributed by atoms with van der Waals surface area (Å²) in [7, 11) is 0. The van der Waals surface area contributed by atoms with Gasteiger partial charge in [0.1, 0.15) is 0 Å². The Morgan fingerprint density at radius 3 is 3.00 bits per heavy atom. The second kappa shape index (κ2) is 4.40. The molecule has 90 valence electrons. The topological polar surface area (TPSA) is 85.3 Å². The molecule has 0 saturated carbocycles. The van der Waals surface area contributed by atoms with Gasteiger partial charge in [0.05, 0.1) is 0 Å². The van der Waals surface area contributed by atoms with Crippen LogP contribution in [0.15, 0.2) is 18.2 Å². The van der Waals surface area contributed by atoms with Gasteiger partial charge in [-0.1, -0.05) is 6.07 Å². The molecule has 2 aromatic heterocycles. The first kappa shape index (κ1) is 11.4. The second-order valence-corrected chi connectivity index (χ2v) is 4.09. The van der Waals surface area contributed by atoms with Crippen molar-refractivity contribution in [3.63, 3.8) is 0 Å². The maximum Gasteiger partial charge on any atom is 0.243 e. The smallest absolute Gasteiger partial charge is 0.243 e. The van der Waals surface area contributed by atoms with E-state index in [4.69, 9.17) is 5.73 Å². The van der Waals surface area contributed by atoms with Gasteiger partial charge in [0.2, 0.25) is 11.9 Å². The zero-order chi connectivity index (χ0) is 12.4. The van der Waals surface area contributed by atoms with Crippen LogP contribution in [0.5, 0.6) is 0 Å². The summed E-state index contributed by atoms with van der Waals surface area (Å²) in [6.45, 7) is 3.82. The third-order valence-corrected chi connectivity index (χ3v) is 2.43. The van der Waals surface area contributed by atoms with Crippen molar-refractivity contribution in [1.82, 2.24) is 14.6 Å². The Kier molecular flexibility index (Phi) is 2.95. The number of nitrogens with two attached hydrogens (primary N) is 1. The molecule has 6 heteroatoms. The lowest BCUT2D eigenvalue weighted by atomic mass is 10.2. The van der Waals surface area contributed by atoms with Gasteiger partial charge in [-0.3, -0.25) is 4.79 Å². The van der Waals surface area contributed by atoms with E-state index in [9.17, 15) is 4.79 Å². The number of amides is 1. The van der Waals surface area contributed by atoms with Gasteiger partial charge in [-0.25, -0.2) is 4.52 Å². The van der Waals surface area contributed by atoms with Gasteiger partial charge in [0.15, 0.2) is 5.65 Å². The Balaban J connectivity index is 2.20. The highest BCUT2D eigenvalue weighted by atomic mass is 16.1. The average molecular weight is 233 g/mol. The molecule has 0 spiro atoms. The van der Waals surface area contributed by atoms with E-state index in [0.29, 0.717) is 5.95 Å². The van der Waals surface area contributed by atoms with Crippen molar-refractivity contribution < 1.29 is 4.79 Å². The van der Waals surface area contributed by atoms with Crippen LogP contribution in [0.1, 0.15) is 19.0 Å². The summed E-state index contributed by atoms with van der Waals surface area (Å²) in [6.07, 6.45) is 0.258. The van der Waals surface area contributed by atoms with E-state index in [-0.39, 0.29) is 18.4 Å². The van der Waals surface area contributed by atoms with Crippen molar-refractivity contribution in [3.8, 4) is 0 Å². The van der Waals surface area contributed by atoms with Crippen molar-refractivity contribution in [2.24, 2.45) is 5.73 Å². The summed E-state index contributed by atoms with van der Waals surface area (Å²) in [6, 6.07) is 5.68. The first-order valence-corrected chi connectivity index (χ1v) is 5.43. The van der Waals surface area contributed by atoms with E-state index >= 15 is 0 Å². The Hall–Kier alpha value is -2.11. The minimum atomic E-state index is -0.343. The standard InChI is InChI=1S/C11H15N5O/c1-7(6-9(12)17)13-11-14-10-5-3-4-8(2)16(10)15-11/h3-5,7H,6H2,1-2H3,(H2,12,17)(H,13,15). The van der Waals surface area contributed by atoms with Crippen LogP contribution < -0.4 is 11.1 Å². The largest absolute Gasteiger partial charge is 0.370 e. The van der Waals surface area contributed by atoms with Crippen LogP contribution in [-0.2, 0) is 4.79 Å². The summed E-state index contributed by atoms with van der Waals surface area (Å²) in [5.41, 5.74) is 6.90. The average Bonchev–Trinajstić information content (AvgIpc) is 2.60. The fraction of sp³-hybridized carbons (Fsp3) is 0.364. The molecule has 1 atom stereocenters. The molecular weight excluding hydrogens is 218 g/mol. The van der Waals surface area contributed by atoms with Crippen LogP contribution in [0.25, 0.3) is 5.65 Å². The van der Waals surface area contributed by atoms with Gasteiger partial charge in [-0.2, -0.15) is 4.98 Å². The molecule has 0 aromatic carbocycles. The van der Waals surface area contributed by atoms with Crippen LogP contribution in [-0.4, -0.2) is 26.5 Å². The highest BCUT2D eigenvalue weighted by Crippen LogP contribution is 2.09. The number of pyridine rings is 1. The van der Waals surface area contributed by atoms with E-state index in [1.807, 2.05) is 32.0 Å². The molecule has 0 saturated heterocycles. The molecule has 2 heterocycles. The normalized spacial score (nSPS) is 12.6. The number of carbonyl (C=O) groups excluding carboxylic acids is 1. The van der Waals surface area contributed by atoms with Crippen molar-refractivity contribution in [1.29, 1.82) is 0 Å².